The molecule has 0 saturated carbocycles. The summed E-state index contributed by atoms with van der Waals surface area (Å²) >= 11 is 5.99. The molecule has 0 unspecified atom stereocenters. The standard InChI is InChI=1S/C16H14ClN3O/c1-9-3-5-13(10(2)7-9)19-20-15-12-8-11(17)4-6-14(12)18-16(15)21/h3-8,18,21H,1-2H3. The van der Waals surface area contributed by atoms with Gasteiger partial charge < -0.3 is 10.1 Å². The molecule has 0 amide bonds. The van der Waals surface area contributed by atoms with Crippen molar-refractivity contribution in [3.63, 3.8) is 0 Å². The Morgan fingerprint density at radius 1 is 1.05 bits per heavy atom. The molecule has 0 fully saturated rings. The third kappa shape index (κ3) is 2.62. The van der Waals surface area contributed by atoms with Crippen molar-refractivity contribution in [2.45, 2.75) is 13.8 Å². The molecule has 0 aliphatic rings. The Morgan fingerprint density at radius 3 is 2.62 bits per heavy atom. The Labute approximate surface area is 127 Å². The van der Waals surface area contributed by atoms with E-state index < -0.39 is 0 Å². The van der Waals surface area contributed by atoms with E-state index in [1.807, 2.05) is 32.0 Å². The lowest BCUT2D eigenvalue weighted by atomic mass is 10.1. The minimum atomic E-state index is -0.0132. The molecular formula is C16H14ClN3O. The Hall–Kier alpha value is -2.33. The number of aromatic hydroxyl groups is 1. The molecule has 21 heavy (non-hydrogen) atoms. The van der Waals surface area contributed by atoms with Crippen LogP contribution in [-0.2, 0) is 0 Å². The van der Waals surface area contributed by atoms with Crippen LogP contribution < -0.4 is 0 Å². The van der Waals surface area contributed by atoms with Crippen molar-refractivity contribution < 1.29 is 5.11 Å². The summed E-state index contributed by atoms with van der Waals surface area (Å²) in [6.07, 6.45) is 0. The van der Waals surface area contributed by atoms with Gasteiger partial charge in [0, 0.05) is 10.4 Å². The van der Waals surface area contributed by atoms with Crippen LogP contribution in [0.1, 0.15) is 11.1 Å². The van der Waals surface area contributed by atoms with Gasteiger partial charge >= 0.3 is 0 Å². The van der Waals surface area contributed by atoms with Gasteiger partial charge in [-0.15, -0.1) is 5.11 Å². The Balaban J connectivity index is 2.06. The Bertz CT molecular complexity index is 852. The average Bonchev–Trinajstić information content (AvgIpc) is 2.73. The van der Waals surface area contributed by atoms with E-state index in [-0.39, 0.29) is 5.88 Å². The fourth-order valence-corrected chi connectivity index (χ4v) is 2.43. The first kappa shape index (κ1) is 13.6. The maximum absolute atomic E-state index is 9.96. The first-order valence-corrected chi connectivity index (χ1v) is 6.91. The van der Waals surface area contributed by atoms with E-state index in [9.17, 15) is 5.11 Å². The number of rotatable bonds is 2. The second-order valence-corrected chi connectivity index (χ2v) is 5.44. The van der Waals surface area contributed by atoms with Crippen LogP contribution in [0.15, 0.2) is 46.6 Å². The molecular weight excluding hydrogens is 286 g/mol. The molecule has 0 aliphatic heterocycles. The largest absolute Gasteiger partial charge is 0.493 e. The number of H-pyrrole nitrogens is 1. The van der Waals surface area contributed by atoms with Crippen LogP contribution in [0, 0.1) is 13.8 Å². The van der Waals surface area contributed by atoms with Gasteiger partial charge in [-0.2, -0.15) is 5.11 Å². The van der Waals surface area contributed by atoms with Crippen LogP contribution in [-0.4, -0.2) is 10.1 Å². The molecule has 0 atom stereocenters. The van der Waals surface area contributed by atoms with E-state index in [1.165, 1.54) is 5.56 Å². The highest BCUT2D eigenvalue weighted by Gasteiger charge is 2.10. The van der Waals surface area contributed by atoms with E-state index >= 15 is 0 Å². The average molecular weight is 300 g/mol. The third-order valence-electron chi connectivity index (χ3n) is 3.32. The van der Waals surface area contributed by atoms with Crippen molar-refractivity contribution in [1.82, 2.24) is 4.98 Å². The maximum atomic E-state index is 9.96. The van der Waals surface area contributed by atoms with Crippen molar-refractivity contribution >= 4 is 33.9 Å². The van der Waals surface area contributed by atoms with Crippen molar-refractivity contribution in [2.24, 2.45) is 10.2 Å². The van der Waals surface area contributed by atoms with E-state index in [1.54, 1.807) is 18.2 Å². The van der Waals surface area contributed by atoms with Gasteiger partial charge in [-0.1, -0.05) is 29.3 Å². The van der Waals surface area contributed by atoms with E-state index in [0.717, 1.165) is 22.2 Å². The maximum Gasteiger partial charge on any atom is 0.218 e. The monoisotopic (exact) mass is 299 g/mol. The molecule has 0 aliphatic carbocycles. The molecule has 4 nitrogen and oxygen atoms in total. The number of hydrogen-bond donors (Lipinski definition) is 2. The van der Waals surface area contributed by atoms with Gasteiger partial charge in [-0.3, -0.25) is 0 Å². The third-order valence-corrected chi connectivity index (χ3v) is 3.56. The van der Waals surface area contributed by atoms with Crippen molar-refractivity contribution in [3.8, 4) is 5.88 Å². The zero-order chi connectivity index (χ0) is 15.0. The van der Waals surface area contributed by atoms with Gasteiger partial charge in [0.25, 0.3) is 0 Å². The molecule has 5 heteroatoms. The van der Waals surface area contributed by atoms with Crippen molar-refractivity contribution in [1.29, 1.82) is 0 Å². The number of benzene rings is 2. The molecule has 0 saturated heterocycles. The summed E-state index contributed by atoms with van der Waals surface area (Å²) in [5.74, 6) is -0.0132. The summed E-state index contributed by atoms with van der Waals surface area (Å²) in [5, 5.41) is 19.7. The number of fused-ring (bicyclic) bond motifs is 1. The molecule has 1 aromatic heterocycles. The summed E-state index contributed by atoms with van der Waals surface area (Å²) in [7, 11) is 0. The number of halogens is 1. The highest BCUT2D eigenvalue weighted by Crippen LogP contribution is 2.37. The van der Waals surface area contributed by atoms with Gasteiger partial charge in [0.2, 0.25) is 5.88 Å². The highest BCUT2D eigenvalue weighted by atomic mass is 35.5. The normalized spacial score (nSPS) is 11.6. The first-order valence-electron chi connectivity index (χ1n) is 6.54. The summed E-state index contributed by atoms with van der Waals surface area (Å²) in [6, 6.07) is 11.2. The SMILES string of the molecule is Cc1ccc(N=Nc2c(O)[nH]c3ccc(Cl)cc23)c(C)c1. The molecule has 2 aromatic carbocycles. The van der Waals surface area contributed by atoms with E-state index in [4.69, 9.17) is 11.6 Å². The van der Waals surface area contributed by atoms with Crippen LogP contribution in [0.5, 0.6) is 5.88 Å². The van der Waals surface area contributed by atoms with Crippen LogP contribution >= 0.6 is 11.6 Å². The lowest BCUT2D eigenvalue weighted by Gasteiger charge is -2.00. The van der Waals surface area contributed by atoms with Crippen LogP contribution in [0.4, 0.5) is 11.4 Å². The molecule has 0 spiro atoms. The molecule has 106 valence electrons. The number of aryl methyl sites for hydroxylation is 2. The minimum absolute atomic E-state index is 0.0132. The predicted octanol–water partition coefficient (Wildman–Crippen LogP) is 5.56. The fraction of sp³-hybridized carbons (Fsp3) is 0.125. The molecule has 0 radical (unpaired) electrons. The second kappa shape index (κ2) is 5.22. The van der Waals surface area contributed by atoms with Crippen LogP contribution in [0.3, 0.4) is 0 Å². The van der Waals surface area contributed by atoms with Gasteiger partial charge in [-0.05, 0) is 43.7 Å². The number of aromatic nitrogens is 1. The summed E-state index contributed by atoms with van der Waals surface area (Å²) in [4.78, 5) is 2.86. The smallest absolute Gasteiger partial charge is 0.218 e. The zero-order valence-corrected chi connectivity index (χ0v) is 12.4. The highest BCUT2D eigenvalue weighted by molar-refractivity contribution is 6.31. The summed E-state index contributed by atoms with van der Waals surface area (Å²) < 4.78 is 0. The van der Waals surface area contributed by atoms with E-state index in [0.29, 0.717) is 10.7 Å². The van der Waals surface area contributed by atoms with E-state index in [2.05, 4.69) is 15.2 Å². The van der Waals surface area contributed by atoms with Crippen LogP contribution in [0.25, 0.3) is 10.9 Å². The van der Waals surface area contributed by atoms with Crippen molar-refractivity contribution in [3.05, 3.63) is 52.5 Å². The van der Waals surface area contributed by atoms with Gasteiger partial charge in [0.15, 0.2) is 5.69 Å². The number of aromatic amines is 1. The zero-order valence-electron chi connectivity index (χ0n) is 11.7. The van der Waals surface area contributed by atoms with Gasteiger partial charge in [-0.25, -0.2) is 0 Å². The minimum Gasteiger partial charge on any atom is -0.493 e. The number of hydrogen-bond acceptors (Lipinski definition) is 3. The van der Waals surface area contributed by atoms with Crippen molar-refractivity contribution in [2.75, 3.05) is 0 Å². The van der Waals surface area contributed by atoms with Gasteiger partial charge in [0.1, 0.15) is 0 Å². The molecule has 0 bridgehead atoms. The molecule has 1 heterocycles. The van der Waals surface area contributed by atoms with Crippen LogP contribution in [0.2, 0.25) is 5.02 Å². The number of azo groups is 1. The first-order chi connectivity index (χ1) is 10.0. The fourth-order valence-electron chi connectivity index (χ4n) is 2.26. The Morgan fingerprint density at radius 2 is 1.86 bits per heavy atom. The Kier molecular flexibility index (Phi) is 3.39. The molecule has 2 N–H and O–H groups in total. The summed E-state index contributed by atoms with van der Waals surface area (Å²) in [5.41, 5.74) is 4.15. The lowest BCUT2D eigenvalue weighted by Crippen LogP contribution is -1.76. The second-order valence-electron chi connectivity index (χ2n) is 5.00. The quantitative estimate of drug-likeness (QED) is 0.598. The lowest BCUT2D eigenvalue weighted by molar-refractivity contribution is 0.459. The number of nitrogens with one attached hydrogen (secondary N) is 1. The number of nitrogens with zero attached hydrogens (tertiary/aromatic N) is 2. The summed E-state index contributed by atoms with van der Waals surface area (Å²) in [6.45, 7) is 4.01. The predicted molar refractivity (Wildman–Crippen MR) is 85.1 cm³/mol. The molecule has 3 rings (SSSR count). The molecule has 3 aromatic rings. The topological polar surface area (TPSA) is 60.7 Å². The van der Waals surface area contributed by atoms with Gasteiger partial charge in [0.05, 0.1) is 11.2 Å².